The van der Waals surface area contributed by atoms with Crippen molar-refractivity contribution in [1.82, 2.24) is 14.7 Å². The number of hydrogen-bond acceptors (Lipinski definition) is 3. The van der Waals surface area contributed by atoms with Crippen LogP contribution in [0.3, 0.4) is 0 Å². The van der Waals surface area contributed by atoms with Crippen LogP contribution in [-0.2, 0) is 17.8 Å². The molecule has 1 aromatic heterocycles. The molecular formula is C22H23N3O2. The van der Waals surface area contributed by atoms with Crippen molar-refractivity contribution in [1.29, 1.82) is 0 Å². The van der Waals surface area contributed by atoms with Gasteiger partial charge in [-0.2, -0.15) is 5.10 Å². The minimum Gasteiger partial charge on any atom is -0.481 e. The summed E-state index contributed by atoms with van der Waals surface area (Å²) in [5, 5.41) is 14.0. The Balaban J connectivity index is 1.65. The van der Waals surface area contributed by atoms with Crippen LogP contribution in [0.25, 0.3) is 16.9 Å². The van der Waals surface area contributed by atoms with Crippen molar-refractivity contribution in [2.45, 2.75) is 19.9 Å². The van der Waals surface area contributed by atoms with Crippen LogP contribution in [0.15, 0.2) is 60.8 Å². The highest BCUT2D eigenvalue weighted by Crippen LogP contribution is 2.28. The fourth-order valence-corrected chi connectivity index (χ4v) is 3.48. The Hall–Kier alpha value is -2.92. The molecule has 1 fully saturated rings. The van der Waals surface area contributed by atoms with Gasteiger partial charge in [-0.25, -0.2) is 4.68 Å². The van der Waals surface area contributed by atoms with Crippen LogP contribution in [0.2, 0.25) is 0 Å². The highest BCUT2D eigenvalue weighted by molar-refractivity contribution is 5.71. The topological polar surface area (TPSA) is 58.4 Å². The van der Waals surface area contributed by atoms with Crippen LogP contribution < -0.4 is 0 Å². The molecule has 27 heavy (non-hydrogen) atoms. The lowest BCUT2D eigenvalue weighted by Gasteiger charge is -2.36. The molecule has 5 nitrogen and oxygen atoms in total. The number of carboxylic acid groups (broad SMARTS) is 1. The van der Waals surface area contributed by atoms with E-state index in [-0.39, 0.29) is 5.92 Å². The third-order valence-electron chi connectivity index (χ3n) is 5.15. The fraction of sp³-hybridized carbons (Fsp3) is 0.273. The predicted molar refractivity (Wildman–Crippen MR) is 105 cm³/mol. The molecule has 0 aliphatic carbocycles. The van der Waals surface area contributed by atoms with Gasteiger partial charge in [-0.1, -0.05) is 49.4 Å². The van der Waals surface area contributed by atoms with Crippen molar-refractivity contribution >= 4 is 5.97 Å². The van der Waals surface area contributed by atoms with E-state index in [2.05, 4.69) is 42.3 Å². The van der Waals surface area contributed by atoms with Crippen LogP contribution in [0, 0.1) is 5.92 Å². The van der Waals surface area contributed by atoms with Gasteiger partial charge in [0.05, 0.1) is 17.3 Å². The average molecular weight is 361 g/mol. The van der Waals surface area contributed by atoms with Crippen molar-refractivity contribution in [3.63, 3.8) is 0 Å². The maximum absolute atomic E-state index is 11.1. The van der Waals surface area contributed by atoms with Gasteiger partial charge >= 0.3 is 5.97 Å². The number of nitrogens with zero attached hydrogens (tertiary/aromatic N) is 3. The lowest BCUT2D eigenvalue weighted by atomic mass is 9.98. The first-order valence-corrected chi connectivity index (χ1v) is 9.32. The number of benzene rings is 2. The highest BCUT2D eigenvalue weighted by atomic mass is 16.4. The van der Waals surface area contributed by atoms with E-state index < -0.39 is 5.97 Å². The SMILES string of the molecule is CCc1ccc(-c2nn(-c3ccccc3)cc2CN2CC(C(=O)O)C2)cc1. The molecule has 0 spiro atoms. The average Bonchev–Trinajstić information content (AvgIpc) is 3.09. The van der Waals surface area contributed by atoms with Crippen molar-refractivity contribution in [2.75, 3.05) is 13.1 Å². The molecule has 3 aromatic rings. The number of hydrogen-bond donors (Lipinski definition) is 1. The van der Waals surface area contributed by atoms with E-state index in [1.807, 2.05) is 35.0 Å². The van der Waals surface area contributed by atoms with E-state index >= 15 is 0 Å². The molecule has 0 saturated carbocycles. The number of rotatable bonds is 6. The van der Waals surface area contributed by atoms with Gasteiger partial charge in [0.25, 0.3) is 0 Å². The molecule has 138 valence electrons. The normalized spacial score (nSPS) is 14.9. The Morgan fingerprint density at radius 2 is 1.81 bits per heavy atom. The minimum atomic E-state index is -0.707. The van der Waals surface area contributed by atoms with E-state index in [0.29, 0.717) is 19.6 Å². The molecule has 0 radical (unpaired) electrons. The first kappa shape index (κ1) is 17.5. The van der Waals surface area contributed by atoms with Crippen LogP contribution in [0.1, 0.15) is 18.1 Å². The molecule has 2 aromatic carbocycles. The summed E-state index contributed by atoms with van der Waals surface area (Å²) in [5.41, 5.74) is 5.48. The maximum atomic E-state index is 11.1. The smallest absolute Gasteiger partial charge is 0.309 e. The van der Waals surface area contributed by atoms with Crippen LogP contribution >= 0.6 is 0 Å². The lowest BCUT2D eigenvalue weighted by molar-refractivity contribution is -0.147. The minimum absolute atomic E-state index is 0.249. The summed E-state index contributed by atoms with van der Waals surface area (Å²) in [6.45, 7) is 4.05. The van der Waals surface area contributed by atoms with Crippen LogP contribution in [-0.4, -0.2) is 38.8 Å². The quantitative estimate of drug-likeness (QED) is 0.729. The number of likely N-dealkylation sites (tertiary alicyclic amines) is 1. The van der Waals surface area contributed by atoms with E-state index in [9.17, 15) is 4.79 Å². The summed E-state index contributed by atoms with van der Waals surface area (Å²) in [5.74, 6) is -0.955. The molecule has 1 saturated heterocycles. The molecule has 0 unspecified atom stereocenters. The second-order valence-corrected chi connectivity index (χ2v) is 7.06. The van der Waals surface area contributed by atoms with Gasteiger partial charge in [0.2, 0.25) is 0 Å². The number of carboxylic acids is 1. The highest BCUT2D eigenvalue weighted by Gasteiger charge is 2.33. The van der Waals surface area contributed by atoms with Crippen LogP contribution in [0.4, 0.5) is 0 Å². The first-order chi connectivity index (χ1) is 13.1. The molecule has 1 aliphatic heterocycles. The molecule has 4 rings (SSSR count). The summed E-state index contributed by atoms with van der Waals surface area (Å²) in [6.07, 6.45) is 3.07. The summed E-state index contributed by atoms with van der Waals surface area (Å²) < 4.78 is 1.91. The predicted octanol–water partition coefficient (Wildman–Crippen LogP) is 3.62. The Labute approximate surface area is 158 Å². The van der Waals surface area contributed by atoms with Gasteiger partial charge in [-0.05, 0) is 24.1 Å². The molecule has 0 atom stereocenters. The van der Waals surface area contributed by atoms with Gasteiger partial charge < -0.3 is 5.11 Å². The third kappa shape index (κ3) is 3.64. The number of aryl methyl sites for hydroxylation is 1. The summed E-state index contributed by atoms with van der Waals surface area (Å²) in [7, 11) is 0. The van der Waals surface area contributed by atoms with Gasteiger partial charge in [0.15, 0.2) is 0 Å². The molecule has 0 bridgehead atoms. The Morgan fingerprint density at radius 3 is 2.44 bits per heavy atom. The molecule has 2 heterocycles. The molecule has 5 heteroatoms. The van der Waals surface area contributed by atoms with Crippen LogP contribution in [0.5, 0.6) is 0 Å². The van der Waals surface area contributed by atoms with E-state index in [4.69, 9.17) is 10.2 Å². The summed E-state index contributed by atoms with van der Waals surface area (Å²) in [6, 6.07) is 18.6. The van der Waals surface area contributed by atoms with Crippen molar-refractivity contribution < 1.29 is 9.90 Å². The first-order valence-electron chi connectivity index (χ1n) is 9.32. The lowest BCUT2D eigenvalue weighted by Crippen LogP contribution is -2.49. The van der Waals surface area contributed by atoms with E-state index in [1.54, 1.807) is 0 Å². The standard InChI is InChI=1S/C22H23N3O2/c1-2-16-8-10-17(11-9-16)21-18(12-24-13-19(14-24)22(26)27)15-25(23-21)20-6-4-3-5-7-20/h3-11,15,19H,2,12-14H2,1H3,(H,26,27). The van der Waals surface area contributed by atoms with Gasteiger partial charge in [0.1, 0.15) is 0 Å². The van der Waals surface area contributed by atoms with Crippen molar-refractivity contribution in [2.24, 2.45) is 5.92 Å². The van der Waals surface area contributed by atoms with Gasteiger partial charge in [-0.15, -0.1) is 0 Å². The zero-order chi connectivity index (χ0) is 18.8. The Morgan fingerprint density at radius 1 is 1.11 bits per heavy atom. The molecule has 0 amide bonds. The van der Waals surface area contributed by atoms with Gasteiger partial charge in [-0.3, -0.25) is 9.69 Å². The molecular weight excluding hydrogens is 338 g/mol. The number of para-hydroxylation sites is 1. The van der Waals surface area contributed by atoms with Crippen molar-refractivity contribution in [3.05, 3.63) is 71.9 Å². The number of aromatic nitrogens is 2. The fourth-order valence-electron chi connectivity index (χ4n) is 3.48. The van der Waals surface area contributed by atoms with E-state index in [1.165, 1.54) is 5.56 Å². The number of carbonyl (C=O) groups is 1. The summed E-state index contributed by atoms with van der Waals surface area (Å²) >= 11 is 0. The summed E-state index contributed by atoms with van der Waals surface area (Å²) in [4.78, 5) is 13.2. The maximum Gasteiger partial charge on any atom is 0.309 e. The zero-order valence-corrected chi connectivity index (χ0v) is 15.4. The molecule has 1 aliphatic rings. The van der Waals surface area contributed by atoms with E-state index in [0.717, 1.165) is 28.9 Å². The second-order valence-electron chi connectivity index (χ2n) is 7.06. The third-order valence-corrected chi connectivity index (χ3v) is 5.15. The number of aliphatic carboxylic acids is 1. The zero-order valence-electron chi connectivity index (χ0n) is 15.4. The molecule has 1 N–H and O–H groups in total. The van der Waals surface area contributed by atoms with Gasteiger partial charge in [0, 0.05) is 37.0 Å². The Bertz CT molecular complexity index is 926. The second kappa shape index (κ2) is 7.37. The van der Waals surface area contributed by atoms with Crippen molar-refractivity contribution in [3.8, 4) is 16.9 Å². The Kier molecular flexibility index (Phi) is 4.77. The monoisotopic (exact) mass is 361 g/mol. The largest absolute Gasteiger partial charge is 0.481 e.